The quantitative estimate of drug-likeness (QED) is 0.656. The Morgan fingerprint density at radius 2 is 1.86 bits per heavy atom. The highest BCUT2D eigenvalue weighted by atomic mass is 79.9. The standard InChI is InChI=1S/C20H22BrClN2O3S/c1-13-7-9-24(10-8-13)28(26,27)16-4-6-19(22)17(12-16)20(25)23-15-3-5-18(21)14(2)11-15/h3-6,11-13H,7-10H2,1-2H3,(H,23,25). The van der Waals surface area contributed by atoms with Crippen molar-refractivity contribution in [3.8, 4) is 0 Å². The topological polar surface area (TPSA) is 66.5 Å². The third kappa shape index (κ3) is 4.59. The van der Waals surface area contributed by atoms with Crippen molar-refractivity contribution in [1.29, 1.82) is 0 Å². The Labute approximate surface area is 179 Å². The predicted molar refractivity (Wildman–Crippen MR) is 115 cm³/mol. The predicted octanol–water partition coefficient (Wildman–Crippen LogP) is 5.08. The Balaban J connectivity index is 1.86. The Morgan fingerprint density at radius 3 is 2.50 bits per heavy atom. The third-order valence-electron chi connectivity index (χ3n) is 4.98. The fraction of sp³-hybridized carbons (Fsp3) is 0.350. The van der Waals surface area contributed by atoms with Crippen LogP contribution in [0.25, 0.3) is 0 Å². The summed E-state index contributed by atoms with van der Waals surface area (Å²) in [7, 11) is -3.65. The number of piperidine rings is 1. The molecule has 150 valence electrons. The van der Waals surface area contributed by atoms with Crippen molar-refractivity contribution >= 4 is 49.1 Å². The van der Waals surface area contributed by atoms with Crippen LogP contribution >= 0.6 is 27.5 Å². The van der Waals surface area contributed by atoms with Gasteiger partial charge in [0.15, 0.2) is 0 Å². The van der Waals surface area contributed by atoms with E-state index in [0.29, 0.717) is 24.7 Å². The maximum Gasteiger partial charge on any atom is 0.257 e. The average Bonchev–Trinajstić information content (AvgIpc) is 2.65. The number of carbonyl (C=O) groups excluding carboxylic acids is 1. The van der Waals surface area contributed by atoms with E-state index in [-0.39, 0.29) is 15.5 Å². The number of benzene rings is 2. The molecule has 0 spiro atoms. The van der Waals surface area contributed by atoms with Crippen molar-refractivity contribution < 1.29 is 13.2 Å². The van der Waals surface area contributed by atoms with Crippen LogP contribution in [0, 0.1) is 12.8 Å². The monoisotopic (exact) mass is 484 g/mol. The van der Waals surface area contributed by atoms with Gasteiger partial charge in [0.2, 0.25) is 10.0 Å². The molecule has 0 radical (unpaired) electrons. The molecule has 0 unspecified atom stereocenters. The first-order chi connectivity index (χ1) is 13.2. The molecule has 1 N–H and O–H groups in total. The molecule has 28 heavy (non-hydrogen) atoms. The van der Waals surface area contributed by atoms with Crippen molar-refractivity contribution in [2.45, 2.75) is 31.6 Å². The molecule has 1 saturated heterocycles. The van der Waals surface area contributed by atoms with Gasteiger partial charge in [-0.2, -0.15) is 4.31 Å². The molecule has 0 aromatic heterocycles. The Morgan fingerprint density at radius 1 is 1.18 bits per heavy atom. The molecule has 3 rings (SSSR count). The molecular weight excluding hydrogens is 464 g/mol. The van der Waals surface area contributed by atoms with Crippen molar-refractivity contribution in [3.63, 3.8) is 0 Å². The second kappa shape index (κ2) is 8.53. The van der Waals surface area contributed by atoms with E-state index in [4.69, 9.17) is 11.6 Å². The highest BCUT2D eigenvalue weighted by Gasteiger charge is 2.29. The van der Waals surface area contributed by atoms with Crippen molar-refractivity contribution in [1.82, 2.24) is 4.31 Å². The summed E-state index contributed by atoms with van der Waals surface area (Å²) in [6, 6.07) is 9.70. The van der Waals surface area contributed by atoms with Crippen LogP contribution in [0.3, 0.4) is 0 Å². The van der Waals surface area contributed by atoms with E-state index in [1.54, 1.807) is 6.07 Å². The van der Waals surface area contributed by atoms with Gasteiger partial charge in [-0.1, -0.05) is 34.5 Å². The number of halogens is 2. The van der Waals surface area contributed by atoms with Gasteiger partial charge in [-0.05, 0) is 67.6 Å². The van der Waals surface area contributed by atoms with Gasteiger partial charge in [-0.3, -0.25) is 4.79 Å². The summed E-state index contributed by atoms with van der Waals surface area (Å²) in [5.41, 5.74) is 1.72. The summed E-state index contributed by atoms with van der Waals surface area (Å²) in [6.45, 7) is 5.02. The Kier molecular flexibility index (Phi) is 6.49. The van der Waals surface area contributed by atoms with E-state index >= 15 is 0 Å². The van der Waals surface area contributed by atoms with E-state index in [1.807, 2.05) is 19.1 Å². The molecule has 1 aliphatic rings. The lowest BCUT2D eigenvalue weighted by Gasteiger charge is -2.29. The molecule has 1 heterocycles. The molecule has 1 amide bonds. The number of hydrogen-bond donors (Lipinski definition) is 1. The molecule has 5 nitrogen and oxygen atoms in total. The maximum atomic E-state index is 13.0. The number of sulfonamides is 1. The maximum absolute atomic E-state index is 13.0. The van der Waals surface area contributed by atoms with Crippen LogP contribution in [0.15, 0.2) is 45.8 Å². The molecule has 0 atom stereocenters. The van der Waals surface area contributed by atoms with Crippen LogP contribution in [-0.2, 0) is 10.0 Å². The van der Waals surface area contributed by atoms with Crippen LogP contribution in [0.4, 0.5) is 5.69 Å². The van der Waals surface area contributed by atoms with Crippen LogP contribution in [0.2, 0.25) is 5.02 Å². The first-order valence-electron chi connectivity index (χ1n) is 9.05. The van der Waals surface area contributed by atoms with Gasteiger partial charge in [0.1, 0.15) is 0 Å². The highest BCUT2D eigenvalue weighted by Crippen LogP contribution is 2.27. The summed E-state index contributed by atoms with van der Waals surface area (Å²) < 4.78 is 28.4. The lowest BCUT2D eigenvalue weighted by Crippen LogP contribution is -2.37. The van der Waals surface area contributed by atoms with Crippen LogP contribution < -0.4 is 5.32 Å². The highest BCUT2D eigenvalue weighted by molar-refractivity contribution is 9.10. The van der Waals surface area contributed by atoms with Crippen molar-refractivity contribution in [3.05, 3.63) is 57.0 Å². The molecule has 8 heteroatoms. The van der Waals surface area contributed by atoms with E-state index in [1.165, 1.54) is 22.5 Å². The Bertz CT molecular complexity index is 1000. The largest absolute Gasteiger partial charge is 0.322 e. The van der Waals surface area contributed by atoms with E-state index < -0.39 is 15.9 Å². The fourth-order valence-corrected chi connectivity index (χ4v) is 5.08. The summed E-state index contributed by atoms with van der Waals surface area (Å²) in [5, 5.41) is 2.98. The summed E-state index contributed by atoms with van der Waals surface area (Å²) >= 11 is 9.61. The third-order valence-corrected chi connectivity index (χ3v) is 8.09. The molecule has 0 aliphatic carbocycles. The van der Waals surface area contributed by atoms with Gasteiger partial charge < -0.3 is 5.32 Å². The molecule has 1 aliphatic heterocycles. The summed E-state index contributed by atoms with van der Waals surface area (Å²) in [5.74, 6) is 0.0726. The fourth-order valence-electron chi connectivity index (χ4n) is 3.13. The number of nitrogens with zero attached hydrogens (tertiary/aromatic N) is 1. The lowest BCUT2D eigenvalue weighted by atomic mass is 10.0. The number of amides is 1. The number of hydrogen-bond acceptors (Lipinski definition) is 3. The minimum Gasteiger partial charge on any atom is -0.322 e. The first kappa shape index (κ1) is 21.3. The van der Waals surface area contributed by atoms with Crippen LogP contribution in [-0.4, -0.2) is 31.7 Å². The summed E-state index contributed by atoms with van der Waals surface area (Å²) in [6.07, 6.45) is 1.67. The molecule has 1 fully saturated rings. The van der Waals surface area contributed by atoms with Gasteiger partial charge in [0.25, 0.3) is 5.91 Å². The zero-order chi connectivity index (χ0) is 20.5. The smallest absolute Gasteiger partial charge is 0.257 e. The van der Waals surface area contributed by atoms with Gasteiger partial charge in [0, 0.05) is 23.2 Å². The number of rotatable bonds is 4. The zero-order valence-electron chi connectivity index (χ0n) is 15.7. The number of aryl methyl sites for hydroxylation is 1. The minimum absolute atomic E-state index is 0.0867. The molecule has 2 aromatic carbocycles. The Hall–Kier alpha value is -1.41. The van der Waals surface area contributed by atoms with E-state index in [0.717, 1.165) is 22.9 Å². The molecule has 0 saturated carbocycles. The van der Waals surface area contributed by atoms with Gasteiger partial charge in [-0.15, -0.1) is 0 Å². The van der Waals surface area contributed by atoms with Gasteiger partial charge in [0.05, 0.1) is 15.5 Å². The first-order valence-corrected chi connectivity index (χ1v) is 11.7. The second-order valence-corrected chi connectivity index (χ2v) is 10.3. The zero-order valence-corrected chi connectivity index (χ0v) is 18.9. The lowest BCUT2D eigenvalue weighted by molar-refractivity contribution is 0.102. The van der Waals surface area contributed by atoms with Crippen LogP contribution in [0.1, 0.15) is 35.7 Å². The van der Waals surface area contributed by atoms with Crippen LogP contribution in [0.5, 0.6) is 0 Å². The van der Waals surface area contributed by atoms with Crippen molar-refractivity contribution in [2.24, 2.45) is 5.92 Å². The molecule has 2 aromatic rings. The van der Waals surface area contributed by atoms with Crippen molar-refractivity contribution in [2.75, 3.05) is 18.4 Å². The minimum atomic E-state index is -3.65. The number of carbonyl (C=O) groups is 1. The average molecular weight is 486 g/mol. The van der Waals surface area contributed by atoms with Gasteiger partial charge in [-0.25, -0.2) is 8.42 Å². The van der Waals surface area contributed by atoms with Gasteiger partial charge >= 0.3 is 0 Å². The molecule has 0 bridgehead atoms. The number of nitrogens with one attached hydrogen (secondary N) is 1. The molecular formula is C20H22BrClN2O3S. The SMILES string of the molecule is Cc1cc(NC(=O)c2cc(S(=O)(=O)N3CCC(C)CC3)ccc2Cl)ccc1Br. The number of anilines is 1. The van der Waals surface area contributed by atoms with E-state index in [9.17, 15) is 13.2 Å². The second-order valence-electron chi connectivity index (χ2n) is 7.15. The summed E-state index contributed by atoms with van der Waals surface area (Å²) in [4.78, 5) is 12.8. The normalized spacial score (nSPS) is 16.1. The van der Waals surface area contributed by atoms with E-state index in [2.05, 4.69) is 28.2 Å².